The third-order valence-electron chi connectivity index (χ3n) is 4.54. The average Bonchev–Trinajstić information content (AvgIpc) is 2.87. The molecule has 0 fully saturated rings. The molecule has 0 aliphatic rings. The summed E-state index contributed by atoms with van der Waals surface area (Å²) in [5.74, 6) is -2.15. The molecule has 2 N–H and O–H groups in total. The predicted molar refractivity (Wildman–Crippen MR) is 134 cm³/mol. The van der Waals surface area contributed by atoms with E-state index in [1.807, 2.05) is 0 Å². The van der Waals surface area contributed by atoms with E-state index in [-0.39, 0.29) is 33.0 Å². The molecule has 13 nitrogen and oxygen atoms in total. The second kappa shape index (κ2) is 11.8. The highest BCUT2D eigenvalue weighted by atomic mass is 35.5. The monoisotopic (exact) mass is 547 g/mol. The molecule has 3 aromatic rings. The van der Waals surface area contributed by atoms with Gasteiger partial charge in [-0.2, -0.15) is 5.10 Å². The minimum absolute atomic E-state index is 0.0680. The van der Waals surface area contributed by atoms with Crippen molar-refractivity contribution in [1.29, 1.82) is 0 Å². The third kappa shape index (κ3) is 6.68. The van der Waals surface area contributed by atoms with Crippen molar-refractivity contribution in [3.63, 3.8) is 0 Å². The first-order valence-electron chi connectivity index (χ1n) is 9.97. The van der Waals surface area contributed by atoms with Crippen molar-refractivity contribution < 1.29 is 28.9 Å². The molecule has 0 aliphatic heterocycles. The lowest BCUT2D eigenvalue weighted by atomic mass is 10.2. The summed E-state index contributed by atoms with van der Waals surface area (Å²) < 4.78 is 10.8. The van der Waals surface area contributed by atoms with E-state index in [0.717, 1.165) is 18.2 Å². The quantitative estimate of drug-likeness (QED) is 0.176. The van der Waals surface area contributed by atoms with Crippen LogP contribution in [-0.4, -0.2) is 35.0 Å². The largest absolute Gasteiger partial charge is 0.493 e. The fraction of sp³-hybridized carbons (Fsp3) is 0.0455. The van der Waals surface area contributed by atoms with Gasteiger partial charge in [-0.05, 0) is 42.0 Å². The van der Waals surface area contributed by atoms with Gasteiger partial charge in [-0.1, -0.05) is 29.3 Å². The zero-order chi connectivity index (χ0) is 27.1. The number of hydrazone groups is 1. The summed E-state index contributed by atoms with van der Waals surface area (Å²) in [4.78, 5) is 44.7. The van der Waals surface area contributed by atoms with Gasteiger partial charge >= 0.3 is 17.5 Å². The minimum atomic E-state index is -1.08. The number of halogens is 2. The number of rotatable bonds is 8. The minimum Gasteiger partial charge on any atom is -0.493 e. The molecule has 0 unspecified atom stereocenters. The molecule has 3 aromatic carbocycles. The lowest BCUT2D eigenvalue weighted by Crippen LogP contribution is -2.32. The molecule has 0 aliphatic carbocycles. The number of nitro benzene ring substituents is 2. The average molecular weight is 548 g/mol. The maximum atomic E-state index is 12.1. The number of nitrogens with one attached hydrogen (secondary N) is 2. The normalized spacial score (nSPS) is 10.6. The molecular weight excluding hydrogens is 533 g/mol. The summed E-state index contributed by atoms with van der Waals surface area (Å²) in [5, 5.41) is 28.5. The van der Waals surface area contributed by atoms with Gasteiger partial charge in [0.1, 0.15) is 0 Å². The van der Waals surface area contributed by atoms with Crippen LogP contribution in [0, 0.1) is 20.2 Å². The van der Waals surface area contributed by atoms with Crippen molar-refractivity contribution in [2.24, 2.45) is 5.10 Å². The molecule has 0 saturated carbocycles. The van der Waals surface area contributed by atoms with Gasteiger partial charge in [0.05, 0.1) is 45.0 Å². The highest BCUT2D eigenvalue weighted by molar-refractivity contribution is 6.45. The Labute approximate surface area is 217 Å². The first kappa shape index (κ1) is 26.8. The number of benzene rings is 3. The van der Waals surface area contributed by atoms with E-state index in [2.05, 4.69) is 15.8 Å². The summed E-state index contributed by atoms with van der Waals surface area (Å²) in [5.41, 5.74) is 1.52. The van der Waals surface area contributed by atoms with Crippen LogP contribution in [0.2, 0.25) is 10.0 Å². The Morgan fingerprint density at radius 1 is 0.946 bits per heavy atom. The summed E-state index contributed by atoms with van der Waals surface area (Å²) in [6, 6.07) is 11.8. The number of hydrogen-bond acceptors (Lipinski definition) is 9. The fourth-order valence-electron chi connectivity index (χ4n) is 2.81. The van der Waals surface area contributed by atoms with E-state index >= 15 is 0 Å². The zero-order valence-electron chi connectivity index (χ0n) is 18.6. The van der Waals surface area contributed by atoms with E-state index in [1.165, 1.54) is 43.7 Å². The Hall–Kier alpha value is -4.75. The molecule has 0 bridgehead atoms. The van der Waals surface area contributed by atoms with E-state index in [1.54, 1.807) is 6.07 Å². The molecule has 37 heavy (non-hydrogen) atoms. The highest BCUT2D eigenvalue weighted by Gasteiger charge is 2.22. The van der Waals surface area contributed by atoms with Crippen molar-refractivity contribution in [2.45, 2.75) is 0 Å². The van der Waals surface area contributed by atoms with Gasteiger partial charge in [0.2, 0.25) is 5.75 Å². The fourth-order valence-corrected chi connectivity index (χ4v) is 3.16. The number of methoxy groups -OCH3 is 1. The summed E-state index contributed by atoms with van der Waals surface area (Å²) in [6.45, 7) is 0. The van der Waals surface area contributed by atoms with E-state index in [0.29, 0.717) is 5.56 Å². The molecule has 0 saturated heterocycles. The molecule has 0 atom stereocenters. The summed E-state index contributed by atoms with van der Waals surface area (Å²) >= 11 is 11.8. The molecule has 0 spiro atoms. The van der Waals surface area contributed by atoms with Crippen molar-refractivity contribution >= 4 is 58.3 Å². The van der Waals surface area contributed by atoms with Gasteiger partial charge in [-0.15, -0.1) is 0 Å². The highest BCUT2D eigenvalue weighted by Crippen LogP contribution is 2.38. The van der Waals surface area contributed by atoms with Crippen LogP contribution in [0.1, 0.15) is 5.56 Å². The lowest BCUT2D eigenvalue weighted by Gasteiger charge is -2.11. The number of carbonyl (C=O) groups is 2. The zero-order valence-corrected chi connectivity index (χ0v) is 20.1. The Balaban J connectivity index is 1.70. The smallest absolute Gasteiger partial charge is 0.329 e. The number of non-ortho nitro benzene ring substituents is 1. The Morgan fingerprint density at radius 3 is 2.35 bits per heavy atom. The van der Waals surface area contributed by atoms with Crippen LogP contribution in [0.5, 0.6) is 17.2 Å². The number of hydrogen-bond donors (Lipinski definition) is 2. The van der Waals surface area contributed by atoms with Crippen LogP contribution < -0.4 is 20.2 Å². The Bertz CT molecular complexity index is 1430. The van der Waals surface area contributed by atoms with Gasteiger partial charge in [0, 0.05) is 6.07 Å². The Morgan fingerprint density at radius 2 is 1.68 bits per heavy atom. The number of anilines is 1. The Kier molecular flexibility index (Phi) is 8.55. The van der Waals surface area contributed by atoms with Gasteiger partial charge in [-0.25, -0.2) is 5.43 Å². The first-order valence-corrected chi connectivity index (χ1v) is 10.7. The maximum Gasteiger partial charge on any atom is 0.329 e. The standard InChI is InChI=1S/C22H15Cl2N5O8/c1-36-19-9-12(11-25-27-22(31)21(30)26-15-4-2-3-14(23)20(15)24)5-7-18(19)37-17-8-6-13(28(32)33)10-16(17)29(34)35/h2-11H,1H3,(H,26,30)(H,27,31)/b25-11+. The van der Waals surface area contributed by atoms with Gasteiger partial charge in [0.15, 0.2) is 11.5 Å². The van der Waals surface area contributed by atoms with Crippen LogP contribution in [0.4, 0.5) is 17.1 Å². The van der Waals surface area contributed by atoms with Crippen molar-refractivity contribution in [2.75, 3.05) is 12.4 Å². The molecule has 190 valence electrons. The topological polar surface area (TPSA) is 175 Å². The number of amides is 2. The molecule has 2 amide bonds. The van der Waals surface area contributed by atoms with Crippen LogP contribution in [-0.2, 0) is 9.59 Å². The molecular formula is C22H15Cl2N5O8. The second-order valence-corrected chi connectivity index (χ2v) is 7.72. The second-order valence-electron chi connectivity index (χ2n) is 6.93. The lowest BCUT2D eigenvalue weighted by molar-refractivity contribution is -0.394. The molecule has 0 aromatic heterocycles. The van der Waals surface area contributed by atoms with E-state index in [9.17, 15) is 29.8 Å². The van der Waals surface area contributed by atoms with Crippen molar-refractivity contribution in [3.8, 4) is 17.2 Å². The van der Waals surface area contributed by atoms with Crippen LogP contribution >= 0.6 is 23.2 Å². The first-order chi connectivity index (χ1) is 17.6. The van der Waals surface area contributed by atoms with Gasteiger partial charge in [-0.3, -0.25) is 29.8 Å². The van der Waals surface area contributed by atoms with Crippen LogP contribution in [0.15, 0.2) is 59.7 Å². The third-order valence-corrected chi connectivity index (χ3v) is 5.36. The van der Waals surface area contributed by atoms with Crippen molar-refractivity contribution in [1.82, 2.24) is 5.43 Å². The van der Waals surface area contributed by atoms with E-state index in [4.69, 9.17) is 32.7 Å². The maximum absolute atomic E-state index is 12.1. The predicted octanol–water partition coefficient (Wildman–Crippen LogP) is 4.70. The van der Waals surface area contributed by atoms with Crippen LogP contribution in [0.25, 0.3) is 0 Å². The summed E-state index contributed by atoms with van der Waals surface area (Å²) in [6.07, 6.45) is 1.21. The van der Waals surface area contributed by atoms with Gasteiger partial charge < -0.3 is 14.8 Å². The number of carbonyl (C=O) groups excluding carboxylic acids is 2. The number of nitro groups is 2. The SMILES string of the molecule is COc1cc(/C=N/NC(=O)C(=O)Nc2cccc(Cl)c2Cl)ccc1Oc1ccc([N+](=O)[O-])cc1[N+](=O)[O-]. The molecule has 15 heteroatoms. The van der Waals surface area contributed by atoms with E-state index < -0.39 is 33.0 Å². The van der Waals surface area contributed by atoms with Crippen molar-refractivity contribution in [3.05, 3.63) is 90.4 Å². The summed E-state index contributed by atoms with van der Waals surface area (Å²) in [7, 11) is 1.32. The number of nitrogens with zero attached hydrogens (tertiary/aromatic N) is 3. The van der Waals surface area contributed by atoms with Crippen LogP contribution in [0.3, 0.4) is 0 Å². The molecule has 0 heterocycles. The number of ether oxygens (including phenoxy) is 2. The molecule has 0 radical (unpaired) electrons. The molecule has 3 rings (SSSR count). The van der Waals surface area contributed by atoms with Gasteiger partial charge in [0.25, 0.3) is 5.69 Å².